The van der Waals surface area contributed by atoms with Gasteiger partial charge in [-0.1, -0.05) is 26.0 Å². The Kier molecular flexibility index (Phi) is 8.87. The summed E-state index contributed by atoms with van der Waals surface area (Å²) >= 11 is 1.74. The maximum absolute atomic E-state index is 12.6. The van der Waals surface area contributed by atoms with Crippen LogP contribution in [-0.4, -0.2) is 28.9 Å². The Bertz CT molecular complexity index is 703. The SMILES string of the molecule is CC(C)c1csc(C2CCCN(C(=O)Cc3ccc(N)cc3)C2)n1.Cl.Cl. The summed E-state index contributed by atoms with van der Waals surface area (Å²) in [4.78, 5) is 19.4. The van der Waals surface area contributed by atoms with Crippen LogP contribution in [0.3, 0.4) is 0 Å². The molecule has 1 aromatic carbocycles. The fraction of sp³-hybridized carbons (Fsp3) is 0.474. The molecule has 0 saturated carbocycles. The second-order valence-electron chi connectivity index (χ2n) is 6.86. The van der Waals surface area contributed by atoms with E-state index in [-0.39, 0.29) is 30.7 Å². The number of nitrogens with zero attached hydrogens (tertiary/aromatic N) is 2. The summed E-state index contributed by atoms with van der Waals surface area (Å²) in [5.41, 5.74) is 8.62. The van der Waals surface area contributed by atoms with Crippen molar-refractivity contribution in [2.45, 2.75) is 44.9 Å². The maximum atomic E-state index is 12.6. The number of rotatable bonds is 4. The third-order valence-corrected chi connectivity index (χ3v) is 5.62. The zero-order valence-corrected chi connectivity index (χ0v) is 17.6. The first-order valence-electron chi connectivity index (χ1n) is 8.60. The highest BCUT2D eigenvalue weighted by Crippen LogP contribution is 2.31. The molecular weight excluding hydrogens is 389 g/mol. The summed E-state index contributed by atoms with van der Waals surface area (Å²) in [6, 6.07) is 7.57. The molecule has 1 atom stereocenters. The van der Waals surface area contributed by atoms with Crippen LogP contribution in [0.1, 0.15) is 54.8 Å². The van der Waals surface area contributed by atoms with Crippen molar-refractivity contribution in [3.05, 3.63) is 45.9 Å². The fourth-order valence-corrected chi connectivity index (χ4v) is 4.19. The van der Waals surface area contributed by atoms with Crippen LogP contribution in [0.2, 0.25) is 0 Å². The van der Waals surface area contributed by atoms with Gasteiger partial charge in [-0.25, -0.2) is 4.98 Å². The lowest BCUT2D eigenvalue weighted by atomic mass is 9.98. The van der Waals surface area contributed by atoms with E-state index in [1.54, 1.807) is 11.3 Å². The Morgan fingerprint density at radius 3 is 2.62 bits per heavy atom. The highest BCUT2D eigenvalue weighted by molar-refractivity contribution is 7.09. The lowest BCUT2D eigenvalue weighted by molar-refractivity contribution is -0.131. The zero-order chi connectivity index (χ0) is 17.1. The average Bonchev–Trinajstić information content (AvgIpc) is 3.07. The van der Waals surface area contributed by atoms with Gasteiger partial charge in [0, 0.05) is 30.1 Å². The molecule has 4 nitrogen and oxygen atoms in total. The smallest absolute Gasteiger partial charge is 0.227 e. The van der Waals surface area contributed by atoms with Gasteiger partial charge in [0.15, 0.2) is 0 Å². The van der Waals surface area contributed by atoms with Gasteiger partial charge < -0.3 is 10.6 Å². The monoisotopic (exact) mass is 415 g/mol. The maximum Gasteiger partial charge on any atom is 0.227 e. The minimum absolute atomic E-state index is 0. The predicted molar refractivity (Wildman–Crippen MR) is 114 cm³/mol. The quantitative estimate of drug-likeness (QED) is 0.739. The molecule has 2 aromatic rings. The van der Waals surface area contributed by atoms with Crippen LogP contribution in [-0.2, 0) is 11.2 Å². The third kappa shape index (κ3) is 5.60. The van der Waals surface area contributed by atoms with Crippen molar-refractivity contribution < 1.29 is 4.79 Å². The number of carbonyl (C=O) groups excluding carboxylic acids is 1. The molecule has 1 unspecified atom stereocenters. The number of hydrogen-bond donors (Lipinski definition) is 1. The number of amides is 1. The van der Waals surface area contributed by atoms with E-state index in [1.165, 1.54) is 10.7 Å². The molecule has 1 fully saturated rings. The van der Waals surface area contributed by atoms with Crippen molar-refractivity contribution in [1.82, 2.24) is 9.88 Å². The van der Waals surface area contributed by atoms with Crippen LogP contribution in [0.15, 0.2) is 29.6 Å². The van der Waals surface area contributed by atoms with E-state index in [9.17, 15) is 4.79 Å². The second-order valence-corrected chi connectivity index (χ2v) is 7.75. The van der Waals surface area contributed by atoms with Crippen molar-refractivity contribution in [2.75, 3.05) is 18.8 Å². The first-order valence-corrected chi connectivity index (χ1v) is 9.48. The van der Waals surface area contributed by atoms with Crippen molar-refractivity contribution in [1.29, 1.82) is 0 Å². The summed E-state index contributed by atoms with van der Waals surface area (Å²) in [6.07, 6.45) is 2.62. The van der Waals surface area contributed by atoms with Gasteiger partial charge in [-0.3, -0.25) is 4.79 Å². The number of anilines is 1. The van der Waals surface area contributed by atoms with Gasteiger partial charge in [-0.05, 0) is 36.5 Å². The minimum Gasteiger partial charge on any atom is -0.399 e. The first kappa shape index (κ1) is 22.7. The zero-order valence-electron chi connectivity index (χ0n) is 15.2. The Labute approximate surface area is 172 Å². The van der Waals surface area contributed by atoms with Gasteiger partial charge >= 0.3 is 0 Å². The van der Waals surface area contributed by atoms with E-state index in [0.717, 1.165) is 37.2 Å². The van der Waals surface area contributed by atoms with Gasteiger partial charge in [-0.15, -0.1) is 36.2 Å². The number of piperidine rings is 1. The van der Waals surface area contributed by atoms with Crippen LogP contribution in [0, 0.1) is 0 Å². The molecule has 2 N–H and O–H groups in total. The van der Waals surface area contributed by atoms with E-state index >= 15 is 0 Å². The highest BCUT2D eigenvalue weighted by atomic mass is 35.5. The Morgan fingerprint density at radius 2 is 2.00 bits per heavy atom. The second kappa shape index (κ2) is 10.1. The molecule has 7 heteroatoms. The predicted octanol–water partition coefficient (Wildman–Crippen LogP) is 4.64. The number of nitrogen functional groups attached to an aromatic ring is 1. The number of carbonyl (C=O) groups is 1. The van der Waals surface area contributed by atoms with Gasteiger partial charge in [-0.2, -0.15) is 0 Å². The largest absolute Gasteiger partial charge is 0.399 e. The summed E-state index contributed by atoms with van der Waals surface area (Å²) in [5, 5.41) is 3.35. The third-order valence-electron chi connectivity index (χ3n) is 4.59. The molecule has 1 amide bonds. The molecule has 3 rings (SSSR count). The molecule has 1 saturated heterocycles. The van der Waals surface area contributed by atoms with Crippen LogP contribution in [0.25, 0.3) is 0 Å². The van der Waals surface area contributed by atoms with Crippen LogP contribution in [0.5, 0.6) is 0 Å². The number of halogens is 2. The van der Waals surface area contributed by atoms with E-state index in [1.807, 2.05) is 29.2 Å². The summed E-state index contributed by atoms with van der Waals surface area (Å²) in [6.45, 7) is 5.98. The number of likely N-dealkylation sites (tertiary alicyclic amines) is 1. The van der Waals surface area contributed by atoms with Crippen molar-refractivity contribution in [3.63, 3.8) is 0 Å². The lowest BCUT2D eigenvalue weighted by Gasteiger charge is -2.32. The minimum atomic E-state index is 0. The molecule has 1 aliphatic heterocycles. The van der Waals surface area contributed by atoms with Crippen molar-refractivity contribution >= 4 is 47.7 Å². The Balaban J connectivity index is 0.00000169. The van der Waals surface area contributed by atoms with Gasteiger partial charge in [0.05, 0.1) is 17.1 Å². The van der Waals surface area contributed by atoms with E-state index < -0.39 is 0 Å². The number of nitrogens with two attached hydrogens (primary N) is 1. The molecule has 0 bridgehead atoms. The molecule has 0 radical (unpaired) electrons. The van der Waals surface area contributed by atoms with Crippen molar-refractivity contribution in [2.24, 2.45) is 0 Å². The number of thiazole rings is 1. The first-order chi connectivity index (χ1) is 11.5. The molecular formula is C19H27Cl2N3OS. The summed E-state index contributed by atoms with van der Waals surface area (Å²) in [5.74, 6) is 1.04. The van der Waals surface area contributed by atoms with Crippen LogP contribution >= 0.6 is 36.2 Å². The summed E-state index contributed by atoms with van der Waals surface area (Å²) in [7, 11) is 0. The molecule has 0 spiro atoms. The number of hydrogen-bond acceptors (Lipinski definition) is 4. The molecule has 1 aromatic heterocycles. The molecule has 26 heavy (non-hydrogen) atoms. The Hall–Kier alpha value is -1.30. The fourth-order valence-electron chi connectivity index (χ4n) is 3.08. The summed E-state index contributed by atoms with van der Waals surface area (Å²) < 4.78 is 0. The standard InChI is InChI=1S/C19H25N3OS.2ClH/c1-13(2)17-12-24-19(21-17)15-4-3-9-22(11-15)18(23)10-14-5-7-16(20)8-6-14;;/h5-8,12-13,15H,3-4,9-11,20H2,1-2H3;2*1H. The van der Waals surface area contributed by atoms with E-state index in [2.05, 4.69) is 19.2 Å². The Morgan fingerprint density at radius 1 is 1.31 bits per heavy atom. The molecule has 2 heterocycles. The van der Waals surface area contributed by atoms with Gasteiger partial charge in [0.25, 0.3) is 0 Å². The molecule has 144 valence electrons. The van der Waals surface area contributed by atoms with E-state index in [4.69, 9.17) is 10.7 Å². The topological polar surface area (TPSA) is 59.2 Å². The normalized spacial score (nSPS) is 16.7. The van der Waals surface area contributed by atoms with Crippen LogP contribution < -0.4 is 5.73 Å². The number of aromatic nitrogens is 1. The number of benzene rings is 1. The molecule has 1 aliphatic rings. The van der Waals surface area contributed by atoms with Gasteiger partial charge in [0.2, 0.25) is 5.91 Å². The lowest BCUT2D eigenvalue weighted by Crippen LogP contribution is -2.39. The van der Waals surface area contributed by atoms with Crippen molar-refractivity contribution in [3.8, 4) is 0 Å². The van der Waals surface area contributed by atoms with Crippen LogP contribution in [0.4, 0.5) is 5.69 Å². The molecule has 0 aliphatic carbocycles. The highest BCUT2D eigenvalue weighted by Gasteiger charge is 2.26. The van der Waals surface area contributed by atoms with Gasteiger partial charge in [0.1, 0.15) is 0 Å². The average molecular weight is 416 g/mol. The van der Waals surface area contributed by atoms with E-state index in [0.29, 0.717) is 18.3 Å².